The molecular weight excluding hydrogens is 346 g/mol. The lowest BCUT2D eigenvalue weighted by Crippen LogP contribution is -2.28. The van der Waals surface area contributed by atoms with Crippen LogP contribution in [0.5, 0.6) is 0 Å². The van der Waals surface area contributed by atoms with E-state index >= 15 is 0 Å². The van der Waals surface area contributed by atoms with Crippen LogP contribution in [0.3, 0.4) is 0 Å². The molecule has 26 heavy (non-hydrogen) atoms. The van der Waals surface area contributed by atoms with Gasteiger partial charge < -0.3 is 11.1 Å². The highest BCUT2D eigenvalue weighted by molar-refractivity contribution is 6.30. The molecule has 2 aromatic carbocycles. The van der Waals surface area contributed by atoms with Gasteiger partial charge in [-0.25, -0.2) is 4.68 Å². The molecule has 0 amide bonds. The molecule has 0 saturated heterocycles. The third-order valence-electron chi connectivity index (χ3n) is 4.46. The molecule has 3 N–H and O–H groups in total. The van der Waals surface area contributed by atoms with E-state index in [1.54, 1.807) is 0 Å². The third-order valence-corrected chi connectivity index (χ3v) is 4.71. The molecule has 2 heterocycles. The number of nitriles is 1. The van der Waals surface area contributed by atoms with Crippen LogP contribution in [-0.4, -0.2) is 9.78 Å². The number of benzene rings is 2. The predicted octanol–water partition coefficient (Wildman–Crippen LogP) is 4.22. The summed E-state index contributed by atoms with van der Waals surface area (Å²) in [6, 6.07) is 19.3. The Kier molecular flexibility index (Phi) is 3.90. The van der Waals surface area contributed by atoms with Gasteiger partial charge in [0.1, 0.15) is 23.7 Å². The van der Waals surface area contributed by atoms with Crippen molar-refractivity contribution in [3.8, 4) is 17.3 Å². The number of rotatable bonds is 2. The van der Waals surface area contributed by atoms with E-state index in [9.17, 15) is 5.26 Å². The molecule has 0 aliphatic carbocycles. The number of aryl methyl sites for hydroxylation is 1. The van der Waals surface area contributed by atoms with Crippen molar-refractivity contribution in [3.05, 3.63) is 82.1 Å². The van der Waals surface area contributed by atoms with Gasteiger partial charge in [0.25, 0.3) is 0 Å². The van der Waals surface area contributed by atoms with Gasteiger partial charge in [0.2, 0.25) is 0 Å². The van der Waals surface area contributed by atoms with Crippen LogP contribution in [0.4, 0.5) is 5.82 Å². The highest BCUT2D eigenvalue weighted by atomic mass is 35.5. The Balaban J connectivity index is 1.85. The number of aromatic nitrogens is 2. The molecule has 1 aliphatic heterocycles. The molecule has 0 spiro atoms. The average Bonchev–Trinajstić information content (AvgIpc) is 3.05. The smallest absolute Gasteiger partial charge is 0.131 e. The first-order valence-electron chi connectivity index (χ1n) is 8.15. The molecule has 6 heteroatoms. The zero-order valence-electron chi connectivity index (χ0n) is 14.1. The SMILES string of the molecule is Cc1ccc(C2C(C#N)=C(N)Nc3cc(-c4ccc(Cl)cc4)nn32)cc1. The fraction of sp³-hybridized carbons (Fsp3) is 0.100. The maximum Gasteiger partial charge on any atom is 0.131 e. The highest BCUT2D eigenvalue weighted by Crippen LogP contribution is 2.36. The van der Waals surface area contributed by atoms with Crippen LogP contribution < -0.4 is 11.1 Å². The van der Waals surface area contributed by atoms with E-state index in [1.165, 1.54) is 0 Å². The molecule has 5 nitrogen and oxygen atoms in total. The van der Waals surface area contributed by atoms with Crippen LogP contribution in [0.2, 0.25) is 5.02 Å². The van der Waals surface area contributed by atoms with Crippen LogP contribution in [0.25, 0.3) is 11.3 Å². The summed E-state index contributed by atoms with van der Waals surface area (Å²) in [5.41, 5.74) is 10.4. The van der Waals surface area contributed by atoms with Crippen LogP contribution in [0, 0.1) is 18.3 Å². The van der Waals surface area contributed by atoms with Gasteiger partial charge in [0, 0.05) is 16.7 Å². The summed E-state index contributed by atoms with van der Waals surface area (Å²) in [5, 5.41) is 18.1. The largest absolute Gasteiger partial charge is 0.384 e. The molecule has 0 fully saturated rings. The van der Waals surface area contributed by atoms with Crippen molar-refractivity contribution in [2.75, 3.05) is 5.32 Å². The van der Waals surface area contributed by atoms with E-state index < -0.39 is 0 Å². The summed E-state index contributed by atoms with van der Waals surface area (Å²) in [4.78, 5) is 0. The molecular formula is C20H16ClN5. The fourth-order valence-corrected chi connectivity index (χ4v) is 3.23. The summed E-state index contributed by atoms with van der Waals surface area (Å²) >= 11 is 5.98. The van der Waals surface area contributed by atoms with E-state index in [0.717, 1.165) is 28.2 Å². The molecule has 0 saturated carbocycles. The molecule has 128 valence electrons. The number of nitrogens with two attached hydrogens (primary N) is 1. The highest BCUT2D eigenvalue weighted by Gasteiger charge is 2.30. The molecule has 0 radical (unpaired) electrons. The number of anilines is 1. The van der Waals surface area contributed by atoms with Crippen LogP contribution in [0.1, 0.15) is 17.2 Å². The first-order valence-corrected chi connectivity index (χ1v) is 8.53. The van der Waals surface area contributed by atoms with Crippen molar-refractivity contribution in [2.45, 2.75) is 13.0 Å². The van der Waals surface area contributed by atoms with E-state index in [1.807, 2.05) is 66.2 Å². The third kappa shape index (κ3) is 2.71. The number of halogens is 1. The van der Waals surface area contributed by atoms with Crippen molar-refractivity contribution < 1.29 is 0 Å². The zero-order valence-corrected chi connectivity index (χ0v) is 14.8. The monoisotopic (exact) mass is 361 g/mol. The Bertz CT molecular complexity index is 1040. The summed E-state index contributed by atoms with van der Waals surface area (Å²) in [6.45, 7) is 2.03. The molecule has 4 rings (SSSR count). The lowest BCUT2D eigenvalue weighted by molar-refractivity contribution is 0.588. The van der Waals surface area contributed by atoms with Crippen molar-refractivity contribution >= 4 is 17.4 Å². The molecule has 3 aromatic rings. The van der Waals surface area contributed by atoms with Gasteiger partial charge in [-0.1, -0.05) is 53.6 Å². The Morgan fingerprint density at radius 2 is 1.85 bits per heavy atom. The van der Waals surface area contributed by atoms with Gasteiger partial charge in [-0.05, 0) is 24.6 Å². The van der Waals surface area contributed by atoms with Crippen molar-refractivity contribution in [1.82, 2.24) is 9.78 Å². The number of fused-ring (bicyclic) bond motifs is 1. The summed E-state index contributed by atoms with van der Waals surface area (Å²) in [6.07, 6.45) is 0. The van der Waals surface area contributed by atoms with Crippen LogP contribution in [-0.2, 0) is 0 Å². The van der Waals surface area contributed by atoms with E-state index in [4.69, 9.17) is 22.4 Å². The van der Waals surface area contributed by atoms with Crippen molar-refractivity contribution in [3.63, 3.8) is 0 Å². The van der Waals surface area contributed by atoms with Crippen LogP contribution in [0.15, 0.2) is 66.0 Å². The quantitative estimate of drug-likeness (QED) is 0.716. The number of allylic oxidation sites excluding steroid dienone is 1. The van der Waals surface area contributed by atoms with Gasteiger partial charge in [0.05, 0.1) is 11.3 Å². The second-order valence-electron chi connectivity index (χ2n) is 6.24. The minimum atomic E-state index is -0.363. The minimum Gasteiger partial charge on any atom is -0.384 e. The number of hydrogen-bond donors (Lipinski definition) is 2. The van der Waals surface area contributed by atoms with Gasteiger partial charge in [-0.15, -0.1) is 0 Å². The zero-order chi connectivity index (χ0) is 18.3. The van der Waals surface area contributed by atoms with E-state index in [0.29, 0.717) is 16.4 Å². The van der Waals surface area contributed by atoms with Crippen molar-refractivity contribution in [1.29, 1.82) is 5.26 Å². The number of hydrogen-bond acceptors (Lipinski definition) is 4. The average molecular weight is 362 g/mol. The second-order valence-corrected chi connectivity index (χ2v) is 6.68. The first-order chi connectivity index (χ1) is 12.6. The van der Waals surface area contributed by atoms with E-state index in [-0.39, 0.29) is 6.04 Å². The Morgan fingerprint density at radius 1 is 1.15 bits per heavy atom. The topological polar surface area (TPSA) is 79.7 Å². The molecule has 1 aromatic heterocycles. The number of nitrogens with zero attached hydrogens (tertiary/aromatic N) is 3. The van der Waals surface area contributed by atoms with Crippen LogP contribution >= 0.6 is 11.6 Å². The Labute approximate surface area is 156 Å². The number of nitrogens with one attached hydrogen (secondary N) is 1. The summed E-state index contributed by atoms with van der Waals surface area (Å²) in [5.74, 6) is 1.10. The fourth-order valence-electron chi connectivity index (χ4n) is 3.10. The predicted molar refractivity (Wildman–Crippen MR) is 102 cm³/mol. The Hall–Kier alpha value is -3.23. The van der Waals surface area contributed by atoms with Crippen molar-refractivity contribution in [2.24, 2.45) is 5.73 Å². The lowest BCUT2D eigenvalue weighted by atomic mass is 9.97. The standard InChI is InChI=1S/C20H16ClN5/c1-12-2-4-14(5-3-12)19-16(11-22)20(23)24-18-10-17(25-26(18)19)13-6-8-15(21)9-7-13/h2-10,19,24H,23H2,1H3. The van der Waals surface area contributed by atoms with Gasteiger partial charge >= 0.3 is 0 Å². The molecule has 0 bridgehead atoms. The second kappa shape index (κ2) is 6.25. The van der Waals surface area contributed by atoms with Gasteiger partial charge in [-0.2, -0.15) is 10.4 Å². The van der Waals surface area contributed by atoms with Gasteiger partial charge in [0.15, 0.2) is 0 Å². The summed E-state index contributed by atoms with van der Waals surface area (Å²) in [7, 11) is 0. The molecule has 1 atom stereocenters. The normalized spacial score (nSPS) is 16.0. The maximum absolute atomic E-state index is 9.64. The first kappa shape index (κ1) is 16.2. The molecule has 1 unspecified atom stereocenters. The van der Waals surface area contributed by atoms with E-state index in [2.05, 4.69) is 11.4 Å². The summed E-state index contributed by atoms with van der Waals surface area (Å²) < 4.78 is 1.81. The Morgan fingerprint density at radius 3 is 2.50 bits per heavy atom. The minimum absolute atomic E-state index is 0.355. The molecule has 1 aliphatic rings. The van der Waals surface area contributed by atoms with Gasteiger partial charge in [-0.3, -0.25) is 0 Å². The lowest BCUT2D eigenvalue weighted by Gasteiger charge is -2.26. The maximum atomic E-state index is 9.64.